The van der Waals surface area contributed by atoms with Crippen molar-refractivity contribution < 1.29 is 14.3 Å². The zero-order valence-electron chi connectivity index (χ0n) is 18.8. The van der Waals surface area contributed by atoms with Gasteiger partial charge in [-0.25, -0.2) is 4.98 Å². The van der Waals surface area contributed by atoms with Crippen LogP contribution in [0.25, 0.3) is 0 Å². The van der Waals surface area contributed by atoms with E-state index in [1.54, 1.807) is 30.5 Å². The van der Waals surface area contributed by atoms with E-state index in [9.17, 15) is 4.79 Å². The number of fused-ring (bicyclic) bond motifs is 1. The zero-order valence-corrected chi connectivity index (χ0v) is 20.4. The smallest absolute Gasteiger partial charge is 0.254 e. The molecule has 1 atom stereocenters. The highest BCUT2D eigenvalue weighted by Gasteiger charge is 2.31. The van der Waals surface area contributed by atoms with Crippen LogP contribution >= 0.6 is 23.2 Å². The molecule has 7 heteroatoms. The highest BCUT2D eigenvalue weighted by molar-refractivity contribution is 6.42. The fraction of sp³-hybridized carbons (Fsp3) is 0.308. The second-order valence-corrected chi connectivity index (χ2v) is 9.86. The molecule has 0 spiro atoms. The lowest BCUT2D eigenvalue weighted by Crippen LogP contribution is -2.47. The van der Waals surface area contributed by atoms with E-state index in [-0.39, 0.29) is 17.6 Å². The summed E-state index contributed by atoms with van der Waals surface area (Å²) in [6, 6.07) is 16.6. The highest BCUT2D eigenvalue weighted by atomic mass is 35.5. The lowest BCUT2D eigenvalue weighted by Gasteiger charge is -2.37. The normalized spacial score (nSPS) is 15.7. The molecule has 0 aliphatic carbocycles. The summed E-state index contributed by atoms with van der Waals surface area (Å²) in [5.74, 6) is 1.05. The van der Waals surface area contributed by atoms with Gasteiger partial charge in [0.25, 0.3) is 5.91 Å². The number of hydrogen-bond donors (Lipinski definition) is 0. The molecule has 5 nitrogen and oxygen atoms in total. The maximum Gasteiger partial charge on any atom is 0.254 e. The second-order valence-electron chi connectivity index (χ2n) is 9.05. The second kappa shape index (κ2) is 9.62. The number of aromatic nitrogens is 1. The van der Waals surface area contributed by atoms with Gasteiger partial charge in [0.15, 0.2) is 0 Å². The summed E-state index contributed by atoms with van der Waals surface area (Å²) in [7, 11) is 0. The molecule has 2 heterocycles. The number of pyridine rings is 1. The molecule has 1 amide bonds. The molecule has 0 N–H and O–H groups in total. The highest BCUT2D eigenvalue weighted by Crippen LogP contribution is 2.28. The van der Waals surface area contributed by atoms with Gasteiger partial charge in [-0.1, -0.05) is 47.5 Å². The Morgan fingerprint density at radius 3 is 2.48 bits per heavy atom. The zero-order chi connectivity index (χ0) is 23.6. The van der Waals surface area contributed by atoms with Crippen LogP contribution in [-0.2, 0) is 13.0 Å². The third-order valence-corrected chi connectivity index (χ3v) is 6.08. The molecule has 0 saturated carbocycles. The summed E-state index contributed by atoms with van der Waals surface area (Å²) < 4.78 is 11.8. The van der Waals surface area contributed by atoms with Crippen LogP contribution in [0.3, 0.4) is 0 Å². The van der Waals surface area contributed by atoms with Crippen molar-refractivity contribution in [1.29, 1.82) is 0 Å². The summed E-state index contributed by atoms with van der Waals surface area (Å²) in [5, 5.41) is 0.775. The minimum absolute atomic E-state index is 0.112. The van der Waals surface area contributed by atoms with Gasteiger partial charge in [-0.2, -0.15) is 0 Å². The van der Waals surface area contributed by atoms with Crippen LogP contribution < -0.4 is 9.47 Å². The molecule has 4 rings (SSSR count). The summed E-state index contributed by atoms with van der Waals surface area (Å²) in [5.41, 5.74) is 2.54. The molecule has 2 aromatic carbocycles. The van der Waals surface area contributed by atoms with Crippen molar-refractivity contribution in [3.8, 4) is 11.6 Å². The number of halogens is 2. The predicted octanol–water partition coefficient (Wildman–Crippen LogP) is 6.21. The van der Waals surface area contributed by atoms with Gasteiger partial charge < -0.3 is 14.4 Å². The van der Waals surface area contributed by atoms with E-state index < -0.39 is 0 Å². The summed E-state index contributed by atoms with van der Waals surface area (Å²) in [4.78, 5) is 19.6. The van der Waals surface area contributed by atoms with Crippen molar-refractivity contribution in [3.63, 3.8) is 0 Å². The fourth-order valence-electron chi connectivity index (χ4n) is 3.82. The van der Waals surface area contributed by atoms with Gasteiger partial charge >= 0.3 is 0 Å². The molecule has 0 fully saturated rings. The van der Waals surface area contributed by atoms with Crippen molar-refractivity contribution in [1.82, 2.24) is 9.88 Å². The van der Waals surface area contributed by atoms with Crippen molar-refractivity contribution >= 4 is 29.1 Å². The van der Waals surface area contributed by atoms with E-state index in [1.165, 1.54) is 5.56 Å². The SMILES string of the molecule is CC(C)(C)Oc1ccc(OCC2Cc3ccccc3CN2C(=O)c2ccc(Cl)c(Cl)c2)nc1. The molecule has 1 aromatic heterocycles. The van der Waals surface area contributed by atoms with Crippen molar-refractivity contribution in [2.45, 2.75) is 45.4 Å². The average Bonchev–Trinajstić information content (AvgIpc) is 2.78. The Bertz CT molecular complexity index is 1140. The standard InChI is InChI=1S/C26H26Cl2N2O3/c1-26(2,3)33-21-9-11-24(29-14-21)32-16-20-12-17-6-4-5-7-19(17)15-30(20)25(31)18-8-10-22(27)23(28)13-18/h4-11,13-14,20H,12,15-16H2,1-3H3. The summed E-state index contributed by atoms with van der Waals surface area (Å²) >= 11 is 12.2. The van der Waals surface area contributed by atoms with E-state index in [4.69, 9.17) is 32.7 Å². The quantitative estimate of drug-likeness (QED) is 0.431. The van der Waals surface area contributed by atoms with Crippen molar-refractivity contribution in [2.24, 2.45) is 0 Å². The van der Waals surface area contributed by atoms with Crippen LogP contribution in [0.5, 0.6) is 11.6 Å². The molecular weight excluding hydrogens is 459 g/mol. The Balaban J connectivity index is 1.52. The topological polar surface area (TPSA) is 51.7 Å². The molecule has 0 radical (unpaired) electrons. The minimum atomic E-state index is -0.301. The summed E-state index contributed by atoms with van der Waals surface area (Å²) in [6.45, 7) is 6.76. The first-order valence-corrected chi connectivity index (χ1v) is 11.6. The van der Waals surface area contributed by atoms with Crippen LogP contribution in [0, 0.1) is 0 Å². The first kappa shape index (κ1) is 23.4. The van der Waals surface area contributed by atoms with Gasteiger partial charge in [-0.15, -0.1) is 0 Å². The third-order valence-electron chi connectivity index (χ3n) is 5.34. The molecule has 1 aliphatic heterocycles. The van der Waals surface area contributed by atoms with Gasteiger partial charge in [0.2, 0.25) is 5.88 Å². The summed E-state index contributed by atoms with van der Waals surface area (Å²) in [6.07, 6.45) is 2.34. The Morgan fingerprint density at radius 2 is 1.82 bits per heavy atom. The first-order chi connectivity index (χ1) is 15.7. The monoisotopic (exact) mass is 484 g/mol. The largest absolute Gasteiger partial charge is 0.487 e. The van der Waals surface area contributed by atoms with Gasteiger partial charge in [0.1, 0.15) is 18.0 Å². The van der Waals surface area contributed by atoms with Gasteiger partial charge in [-0.3, -0.25) is 4.79 Å². The number of rotatable bonds is 5. The lowest BCUT2D eigenvalue weighted by molar-refractivity contribution is 0.0562. The van der Waals surface area contributed by atoms with Gasteiger partial charge in [0.05, 0.1) is 22.3 Å². The van der Waals surface area contributed by atoms with Crippen LogP contribution in [0.15, 0.2) is 60.8 Å². The van der Waals surface area contributed by atoms with Crippen LogP contribution in [-0.4, -0.2) is 34.0 Å². The number of carbonyl (C=O) groups is 1. The molecule has 1 unspecified atom stereocenters. The van der Waals surface area contributed by atoms with E-state index >= 15 is 0 Å². The third kappa shape index (κ3) is 5.79. The Labute approximate surface area is 204 Å². The molecule has 1 aliphatic rings. The van der Waals surface area contributed by atoms with E-state index in [2.05, 4.69) is 17.1 Å². The number of nitrogens with zero attached hydrogens (tertiary/aromatic N) is 2. The molecule has 172 valence electrons. The van der Waals surface area contributed by atoms with Crippen LogP contribution in [0.2, 0.25) is 10.0 Å². The number of benzene rings is 2. The van der Waals surface area contributed by atoms with E-state index in [0.717, 1.165) is 5.56 Å². The van der Waals surface area contributed by atoms with E-state index in [0.29, 0.717) is 46.8 Å². The van der Waals surface area contributed by atoms with E-state index in [1.807, 2.05) is 43.9 Å². The Hall–Kier alpha value is -2.76. The predicted molar refractivity (Wildman–Crippen MR) is 130 cm³/mol. The lowest BCUT2D eigenvalue weighted by atomic mass is 9.93. The van der Waals surface area contributed by atoms with Crippen molar-refractivity contribution in [3.05, 3.63) is 87.5 Å². The fourth-order valence-corrected chi connectivity index (χ4v) is 4.11. The van der Waals surface area contributed by atoms with Gasteiger partial charge in [-0.05, 0) is 62.6 Å². The number of amides is 1. The Morgan fingerprint density at radius 1 is 1.06 bits per heavy atom. The molecule has 0 saturated heterocycles. The average molecular weight is 485 g/mol. The van der Waals surface area contributed by atoms with Crippen LogP contribution in [0.4, 0.5) is 0 Å². The minimum Gasteiger partial charge on any atom is -0.487 e. The maximum absolute atomic E-state index is 13.4. The maximum atomic E-state index is 13.4. The number of hydrogen-bond acceptors (Lipinski definition) is 4. The van der Waals surface area contributed by atoms with Crippen molar-refractivity contribution in [2.75, 3.05) is 6.61 Å². The number of carbonyl (C=O) groups excluding carboxylic acids is 1. The number of ether oxygens (including phenoxy) is 2. The molecule has 3 aromatic rings. The molecule has 0 bridgehead atoms. The first-order valence-electron chi connectivity index (χ1n) is 10.8. The van der Waals surface area contributed by atoms with Crippen LogP contribution in [0.1, 0.15) is 42.3 Å². The molecular formula is C26H26Cl2N2O3. The molecule has 33 heavy (non-hydrogen) atoms. The van der Waals surface area contributed by atoms with Gasteiger partial charge in [0, 0.05) is 18.2 Å². The Kier molecular flexibility index (Phi) is 6.82.